The highest BCUT2D eigenvalue weighted by atomic mass is 35.5. The molecule has 0 spiro atoms. The minimum Gasteiger partial charge on any atom is -0.392 e. The fraction of sp³-hybridized carbons (Fsp3) is 0.214. The van der Waals surface area contributed by atoms with E-state index in [2.05, 4.69) is 10.6 Å². The Labute approximate surface area is 126 Å². The summed E-state index contributed by atoms with van der Waals surface area (Å²) in [6.45, 7) is 0.656. The third-order valence-electron chi connectivity index (χ3n) is 2.65. The zero-order valence-electron chi connectivity index (χ0n) is 10.7. The van der Waals surface area contributed by atoms with E-state index in [0.29, 0.717) is 10.9 Å². The van der Waals surface area contributed by atoms with Crippen LogP contribution in [0.15, 0.2) is 36.4 Å². The number of thiophene rings is 1. The highest BCUT2D eigenvalue weighted by Crippen LogP contribution is 2.20. The first kappa shape index (κ1) is 14.8. The molecule has 6 heteroatoms. The fourth-order valence-electron chi connectivity index (χ4n) is 1.66. The van der Waals surface area contributed by atoms with Crippen LogP contribution in [0.4, 0.5) is 5.69 Å². The largest absolute Gasteiger partial charge is 0.392 e. The van der Waals surface area contributed by atoms with Gasteiger partial charge in [-0.25, -0.2) is 0 Å². The molecule has 0 saturated carbocycles. The Kier molecular flexibility index (Phi) is 5.40. The lowest BCUT2D eigenvalue weighted by Crippen LogP contribution is -2.29. The minimum atomic E-state index is -0.0936. The molecule has 0 aliphatic rings. The van der Waals surface area contributed by atoms with Crippen LogP contribution in [0.5, 0.6) is 0 Å². The van der Waals surface area contributed by atoms with E-state index >= 15 is 0 Å². The second-order valence-corrected chi connectivity index (χ2v) is 5.99. The monoisotopic (exact) mass is 310 g/mol. The highest BCUT2D eigenvalue weighted by Gasteiger charge is 2.03. The van der Waals surface area contributed by atoms with Gasteiger partial charge >= 0.3 is 0 Å². The van der Waals surface area contributed by atoms with E-state index in [1.807, 2.05) is 36.4 Å². The smallest absolute Gasteiger partial charge is 0.239 e. The van der Waals surface area contributed by atoms with Crippen molar-refractivity contribution in [2.75, 3.05) is 11.9 Å². The van der Waals surface area contributed by atoms with Crippen LogP contribution in [-0.4, -0.2) is 17.6 Å². The van der Waals surface area contributed by atoms with Gasteiger partial charge in [0.15, 0.2) is 0 Å². The maximum atomic E-state index is 11.7. The number of hydrogen-bond donors (Lipinski definition) is 3. The van der Waals surface area contributed by atoms with Crippen molar-refractivity contribution in [2.24, 2.45) is 0 Å². The molecule has 4 nitrogen and oxygen atoms in total. The molecular weight excluding hydrogens is 296 g/mol. The van der Waals surface area contributed by atoms with E-state index in [-0.39, 0.29) is 19.1 Å². The molecule has 106 valence electrons. The van der Waals surface area contributed by atoms with Crippen LogP contribution >= 0.6 is 22.9 Å². The van der Waals surface area contributed by atoms with Crippen molar-refractivity contribution in [3.05, 3.63) is 51.2 Å². The number of carbonyl (C=O) groups is 1. The molecule has 1 aromatic carbocycles. The molecule has 0 fully saturated rings. The van der Waals surface area contributed by atoms with Gasteiger partial charge in [-0.1, -0.05) is 23.7 Å². The number of amides is 1. The maximum Gasteiger partial charge on any atom is 0.239 e. The number of rotatable bonds is 6. The first-order valence-electron chi connectivity index (χ1n) is 6.12. The molecule has 2 aromatic rings. The van der Waals surface area contributed by atoms with Gasteiger partial charge in [-0.2, -0.15) is 0 Å². The third kappa shape index (κ3) is 4.52. The second-order valence-electron chi connectivity index (χ2n) is 4.19. The predicted molar refractivity (Wildman–Crippen MR) is 82.0 cm³/mol. The van der Waals surface area contributed by atoms with Crippen LogP contribution in [0.1, 0.15) is 10.4 Å². The van der Waals surface area contributed by atoms with Gasteiger partial charge in [0.25, 0.3) is 0 Å². The summed E-state index contributed by atoms with van der Waals surface area (Å²) in [6.07, 6.45) is 0. The first-order chi connectivity index (χ1) is 9.67. The molecule has 1 heterocycles. The minimum absolute atomic E-state index is 0.0130. The van der Waals surface area contributed by atoms with Crippen molar-refractivity contribution < 1.29 is 9.90 Å². The molecule has 0 saturated heterocycles. The zero-order chi connectivity index (χ0) is 14.4. The summed E-state index contributed by atoms with van der Waals surface area (Å²) in [5.74, 6) is -0.0936. The molecule has 0 atom stereocenters. The topological polar surface area (TPSA) is 61.4 Å². The van der Waals surface area contributed by atoms with Crippen LogP contribution in [0.2, 0.25) is 4.34 Å². The zero-order valence-corrected chi connectivity index (χ0v) is 12.3. The molecule has 0 aliphatic heterocycles. The Balaban J connectivity index is 1.77. The summed E-state index contributed by atoms with van der Waals surface area (Å²) in [7, 11) is 0. The Hall–Kier alpha value is -1.56. The second kappa shape index (κ2) is 7.28. The number of aliphatic hydroxyl groups is 1. The Bertz CT molecular complexity index is 586. The third-order valence-corrected chi connectivity index (χ3v) is 3.88. The van der Waals surface area contributed by atoms with Gasteiger partial charge in [-0.05, 0) is 29.8 Å². The number of carbonyl (C=O) groups excluding carboxylic acids is 1. The number of aliphatic hydroxyl groups excluding tert-OH is 1. The molecule has 0 aliphatic carbocycles. The van der Waals surface area contributed by atoms with Crippen LogP contribution < -0.4 is 10.6 Å². The van der Waals surface area contributed by atoms with E-state index in [1.165, 1.54) is 11.3 Å². The lowest BCUT2D eigenvalue weighted by atomic mass is 10.2. The van der Waals surface area contributed by atoms with Crippen molar-refractivity contribution in [1.29, 1.82) is 0 Å². The highest BCUT2D eigenvalue weighted by molar-refractivity contribution is 7.16. The van der Waals surface area contributed by atoms with Gasteiger partial charge < -0.3 is 15.7 Å². The summed E-state index contributed by atoms with van der Waals surface area (Å²) in [6, 6.07) is 11.0. The number of halogens is 1. The van der Waals surface area contributed by atoms with E-state index in [4.69, 9.17) is 16.7 Å². The van der Waals surface area contributed by atoms with Gasteiger partial charge in [0.1, 0.15) is 0 Å². The Morgan fingerprint density at radius 2 is 2.15 bits per heavy atom. The average molecular weight is 311 g/mol. The summed E-state index contributed by atoms with van der Waals surface area (Å²) >= 11 is 7.27. The molecule has 1 amide bonds. The van der Waals surface area contributed by atoms with Gasteiger partial charge in [0, 0.05) is 10.6 Å². The summed E-state index contributed by atoms with van der Waals surface area (Å²) in [5, 5.41) is 14.9. The lowest BCUT2D eigenvalue weighted by molar-refractivity contribution is -0.119. The fourth-order valence-corrected chi connectivity index (χ4v) is 2.68. The molecular formula is C14H15ClN2O2S. The van der Waals surface area contributed by atoms with E-state index in [1.54, 1.807) is 0 Å². The molecule has 0 radical (unpaired) electrons. The van der Waals surface area contributed by atoms with Gasteiger partial charge in [0.2, 0.25) is 5.91 Å². The quantitative estimate of drug-likeness (QED) is 0.768. The van der Waals surface area contributed by atoms with Crippen molar-refractivity contribution in [1.82, 2.24) is 5.32 Å². The van der Waals surface area contributed by atoms with Crippen molar-refractivity contribution in [2.45, 2.75) is 13.2 Å². The van der Waals surface area contributed by atoms with E-state index in [0.717, 1.165) is 16.1 Å². The van der Waals surface area contributed by atoms with Crippen molar-refractivity contribution >= 4 is 34.5 Å². The first-order valence-corrected chi connectivity index (χ1v) is 7.31. The maximum absolute atomic E-state index is 11.7. The van der Waals surface area contributed by atoms with E-state index < -0.39 is 0 Å². The summed E-state index contributed by atoms with van der Waals surface area (Å²) in [4.78, 5) is 12.7. The summed E-state index contributed by atoms with van der Waals surface area (Å²) < 4.78 is 0.716. The molecule has 1 aromatic heterocycles. The van der Waals surface area contributed by atoms with Crippen LogP contribution in [0, 0.1) is 0 Å². The van der Waals surface area contributed by atoms with Crippen molar-refractivity contribution in [3.8, 4) is 0 Å². The normalized spacial score (nSPS) is 10.3. The van der Waals surface area contributed by atoms with Gasteiger partial charge in [-0.3, -0.25) is 4.79 Å². The van der Waals surface area contributed by atoms with Gasteiger partial charge in [-0.15, -0.1) is 11.3 Å². The van der Waals surface area contributed by atoms with Crippen LogP contribution in [0.25, 0.3) is 0 Å². The Morgan fingerprint density at radius 3 is 2.85 bits per heavy atom. The predicted octanol–water partition coefficient (Wildman–Crippen LogP) is 2.62. The lowest BCUT2D eigenvalue weighted by Gasteiger charge is -2.08. The number of anilines is 1. The number of benzene rings is 1. The number of nitrogens with one attached hydrogen (secondary N) is 2. The van der Waals surface area contributed by atoms with E-state index in [9.17, 15) is 4.79 Å². The number of hydrogen-bond acceptors (Lipinski definition) is 4. The van der Waals surface area contributed by atoms with Crippen LogP contribution in [-0.2, 0) is 17.9 Å². The molecule has 0 bridgehead atoms. The SMILES string of the molecule is O=C(CNc1cccc(CO)c1)NCc1ccc(Cl)s1. The average Bonchev–Trinajstić information content (AvgIpc) is 2.89. The summed E-state index contributed by atoms with van der Waals surface area (Å²) in [5.41, 5.74) is 1.62. The molecule has 20 heavy (non-hydrogen) atoms. The molecule has 2 rings (SSSR count). The molecule has 3 N–H and O–H groups in total. The van der Waals surface area contributed by atoms with Crippen molar-refractivity contribution in [3.63, 3.8) is 0 Å². The Morgan fingerprint density at radius 1 is 1.30 bits per heavy atom. The standard InChI is InChI=1S/C14H15ClN2O2S/c15-13-5-4-12(20-13)7-17-14(19)8-16-11-3-1-2-10(6-11)9-18/h1-6,16,18H,7-9H2,(H,17,19). The molecule has 0 unspecified atom stereocenters. The van der Waals surface area contributed by atoms with Gasteiger partial charge in [0.05, 0.1) is 24.0 Å². The van der Waals surface area contributed by atoms with Crippen LogP contribution in [0.3, 0.4) is 0 Å².